The molecule has 0 atom stereocenters. The molecule has 3 heterocycles. The molecule has 4 aromatic rings. The van der Waals surface area contributed by atoms with Crippen LogP contribution < -0.4 is 4.74 Å². The summed E-state index contributed by atoms with van der Waals surface area (Å²) >= 11 is 0. The minimum Gasteiger partial charge on any atom is -0.494 e. The Bertz CT molecular complexity index is 1010. The standard InChI is InChI=1S/C20H18N4O/c1-3-24-20-16(13-22-24)17(15-10-7-11-21-12-15)19(25-2)18(23-20)14-8-5-4-6-9-14/h4-13H,3H2,1-2H3. The van der Waals surface area contributed by atoms with E-state index < -0.39 is 0 Å². The zero-order valence-electron chi connectivity index (χ0n) is 14.2. The Morgan fingerprint density at radius 1 is 1.00 bits per heavy atom. The minimum atomic E-state index is 0.738. The summed E-state index contributed by atoms with van der Waals surface area (Å²) in [5, 5.41) is 5.45. The third kappa shape index (κ3) is 2.54. The van der Waals surface area contributed by atoms with Crippen LogP contribution in [0.3, 0.4) is 0 Å². The van der Waals surface area contributed by atoms with Crippen LogP contribution in [-0.2, 0) is 6.54 Å². The number of aromatic nitrogens is 4. The SMILES string of the molecule is CCn1ncc2c(-c3cccnc3)c(OC)c(-c3ccccc3)nc21. The largest absolute Gasteiger partial charge is 0.494 e. The van der Waals surface area contributed by atoms with Gasteiger partial charge in [-0.3, -0.25) is 4.98 Å². The molecule has 0 N–H and O–H groups in total. The number of aryl methyl sites for hydroxylation is 1. The number of nitrogens with zero attached hydrogens (tertiary/aromatic N) is 4. The molecule has 0 bridgehead atoms. The molecule has 5 nitrogen and oxygen atoms in total. The van der Waals surface area contributed by atoms with Gasteiger partial charge in [0.2, 0.25) is 0 Å². The van der Waals surface area contributed by atoms with Gasteiger partial charge in [-0.1, -0.05) is 36.4 Å². The van der Waals surface area contributed by atoms with Crippen LogP contribution in [0.4, 0.5) is 0 Å². The smallest absolute Gasteiger partial charge is 0.159 e. The summed E-state index contributed by atoms with van der Waals surface area (Å²) in [6.45, 7) is 2.81. The first-order valence-electron chi connectivity index (χ1n) is 8.22. The molecule has 0 aliphatic rings. The molecule has 0 unspecified atom stereocenters. The summed E-state index contributed by atoms with van der Waals surface area (Å²) in [5.74, 6) is 0.738. The molecular formula is C20H18N4O. The van der Waals surface area contributed by atoms with Gasteiger partial charge in [0.25, 0.3) is 0 Å². The van der Waals surface area contributed by atoms with Crippen molar-refractivity contribution in [1.82, 2.24) is 19.7 Å². The highest BCUT2D eigenvalue weighted by atomic mass is 16.5. The van der Waals surface area contributed by atoms with Gasteiger partial charge in [0.1, 0.15) is 5.69 Å². The summed E-state index contributed by atoms with van der Waals surface area (Å²) in [6.07, 6.45) is 5.46. The van der Waals surface area contributed by atoms with Crippen LogP contribution >= 0.6 is 0 Å². The number of pyridine rings is 2. The average molecular weight is 330 g/mol. The van der Waals surface area contributed by atoms with Gasteiger partial charge in [-0.2, -0.15) is 5.10 Å². The molecule has 0 aliphatic carbocycles. The lowest BCUT2D eigenvalue weighted by Crippen LogP contribution is -2.01. The minimum absolute atomic E-state index is 0.738. The van der Waals surface area contributed by atoms with Crippen LogP contribution in [0.25, 0.3) is 33.4 Å². The molecule has 124 valence electrons. The van der Waals surface area contributed by atoms with E-state index in [1.54, 1.807) is 13.3 Å². The van der Waals surface area contributed by atoms with Crippen LogP contribution in [0.2, 0.25) is 0 Å². The van der Waals surface area contributed by atoms with Gasteiger partial charge in [-0.25, -0.2) is 9.67 Å². The number of fused-ring (bicyclic) bond motifs is 1. The van der Waals surface area contributed by atoms with Crippen LogP contribution in [0, 0.1) is 0 Å². The maximum atomic E-state index is 5.81. The molecule has 3 aromatic heterocycles. The topological polar surface area (TPSA) is 52.8 Å². The van der Waals surface area contributed by atoms with E-state index in [1.807, 2.05) is 59.5 Å². The molecule has 0 amide bonds. The highest BCUT2D eigenvalue weighted by Crippen LogP contribution is 2.42. The number of methoxy groups -OCH3 is 1. The van der Waals surface area contributed by atoms with Crippen LogP contribution in [0.15, 0.2) is 61.1 Å². The molecule has 4 rings (SSSR count). The molecule has 0 spiro atoms. The van der Waals surface area contributed by atoms with Crippen molar-refractivity contribution in [3.63, 3.8) is 0 Å². The Kier molecular flexibility index (Phi) is 3.90. The Labute approximate surface area is 145 Å². The first kappa shape index (κ1) is 15.3. The summed E-state index contributed by atoms with van der Waals surface area (Å²) in [4.78, 5) is 9.16. The fraction of sp³-hybridized carbons (Fsp3) is 0.150. The normalized spacial score (nSPS) is 11.0. The maximum Gasteiger partial charge on any atom is 0.159 e. The maximum absolute atomic E-state index is 5.81. The van der Waals surface area contributed by atoms with E-state index in [9.17, 15) is 0 Å². The van der Waals surface area contributed by atoms with Gasteiger partial charge >= 0.3 is 0 Å². The Hall–Kier alpha value is -3.21. The molecule has 0 saturated carbocycles. The van der Waals surface area contributed by atoms with Crippen molar-refractivity contribution in [2.45, 2.75) is 13.5 Å². The zero-order chi connectivity index (χ0) is 17.2. The Morgan fingerprint density at radius 2 is 1.80 bits per heavy atom. The monoisotopic (exact) mass is 330 g/mol. The van der Waals surface area contributed by atoms with Gasteiger partial charge in [-0.05, 0) is 13.0 Å². The number of hydrogen-bond acceptors (Lipinski definition) is 4. The van der Waals surface area contributed by atoms with E-state index in [-0.39, 0.29) is 0 Å². The lowest BCUT2D eigenvalue weighted by atomic mass is 10.00. The van der Waals surface area contributed by atoms with Crippen molar-refractivity contribution < 1.29 is 4.74 Å². The summed E-state index contributed by atoms with van der Waals surface area (Å²) in [6, 6.07) is 14.0. The first-order valence-corrected chi connectivity index (χ1v) is 8.22. The molecule has 25 heavy (non-hydrogen) atoms. The van der Waals surface area contributed by atoms with E-state index in [4.69, 9.17) is 9.72 Å². The van der Waals surface area contributed by atoms with Crippen LogP contribution in [0.5, 0.6) is 5.75 Å². The van der Waals surface area contributed by atoms with Crippen molar-refractivity contribution >= 4 is 11.0 Å². The molecule has 0 fully saturated rings. The highest BCUT2D eigenvalue weighted by molar-refractivity contribution is 5.99. The molecule has 0 saturated heterocycles. The van der Waals surface area contributed by atoms with Crippen molar-refractivity contribution in [2.24, 2.45) is 0 Å². The van der Waals surface area contributed by atoms with Gasteiger partial charge in [0.15, 0.2) is 11.4 Å². The number of rotatable bonds is 4. The predicted octanol–water partition coefficient (Wildman–Crippen LogP) is 4.19. The first-order chi connectivity index (χ1) is 12.3. The fourth-order valence-electron chi connectivity index (χ4n) is 3.09. The summed E-state index contributed by atoms with van der Waals surface area (Å²) in [5.41, 5.74) is 4.62. The summed E-state index contributed by atoms with van der Waals surface area (Å²) in [7, 11) is 1.68. The third-order valence-electron chi connectivity index (χ3n) is 4.24. The van der Waals surface area contributed by atoms with Gasteiger partial charge in [0.05, 0.1) is 18.7 Å². The van der Waals surface area contributed by atoms with Crippen molar-refractivity contribution in [3.8, 4) is 28.1 Å². The van der Waals surface area contributed by atoms with E-state index in [0.717, 1.165) is 45.7 Å². The van der Waals surface area contributed by atoms with Gasteiger partial charge in [0, 0.05) is 35.6 Å². The second kappa shape index (κ2) is 6.36. The van der Waals surface area contributed by atoms with Crippen molar-refractivity contribution in [1.29, 1.82) is 0 Å². The number of ether oxygens (including phenoxy) is 1. The quantitative estimate of drug-likeness (QED) is 0.563. The third-order valence-corrected chi connectivity index (χ3v) is 4.24. The van der Waals surface area contributed by atoms with Crippen molar-refractivity contribution in [3.05, 3.63) is 61.1 Å². The second-order valence-electron chi connectivity index (χ2n) is 5.67. The Balaban J connectivity index is 2.12. The highest BCUT2D eigenvalue weighted by Gasteiger charge is 2.21. The molecule has 5 heteroatoms. The van der Waals surface area contributed by atoms with E-state index in [0.29, 0.717) is 0 Å². The Morgan fingerprint density at radius 3 is 2.48 bits per heavy atom. The molecular weight excluding hydrogens is 312 g/mol. The van der Waals surface area contributed by atoms with E-state index in [2.05, 4.69) is 17.0 Å². The number of benzene rings is 1. The lowest BCUT2D eigenvalue weighted by molar-refractivity contribution is 0.417. The zero-order valence-corrected chi connectivity index (χ0v) is 14.2. The predicted molar refractivity (Wildman–Crippen MR) is 98.4 cm³/mol. The second-order valence-corrected chi connectivity index (χ2v) is 5.67. The van der Waals surface area contributed by atoms with E-state index in [1.165, 1.54) is 0 Å². The van der Waals surface area contributed by atoms with Gasteiger partial charge < -0.3 is 4.74 Å². The molecule has 0 radical (unpaired) electrons. The van der Waals surface area contributed by atoms with Crippen molar-refractivity contribution in [2.75, 3.05) is 7.11 Å². The average Bonchev–Trinajstić information content (AvgIpc) is 3.10. The summed E-state index contributed by atoms with van der Waals surface area (Å²) < 4.78 is 7.71. The lowest BCUT2D eigenvalue weighted by Gasteiger charge is -2.15. The van der Waals surface area contributed by atoms with Gasteiger partial charge in [-0.15, -0.1) is 0 Å². The fourth-order valence-corrected chi connectivity index (χ4v) is 3.09. The van der Waals surface area contributed by atoms with Crippen LogP contribution in [0.1, 0.15) is 6.92 Å². The number of hydrogen-bond donors (Lipinski definition) is 0. The van der Waals surface area contributed by atoms with E-state index >= 15 is 0 Å². The molecule has 0 aliphatic heterocycles. The molecule has 1 aromatic carbocycles. The van der Waals surface area contributed by atoms with Crippen LogP contribution in [-0.4, -0.2) is 26.9 Å².